The minimum absolute atomic E-state index is 0.0212. The molecule has 0 saturated carbocycles. The number of hydrogen-bond donors (Lipinski definition) is 1. The summed E-state index contributed by atoms with van der Waals surface area (Å²) in [5.41, 5.74) is 1.46. The van der Waals surface area contributed by atoms with E-state index in [0.29, 0.717) is 5.69 Å². The largest absolute Gasteiger partial charge is 0.495 e. The van der Waals surface area contributed by atoms with Crippen LogP contribution in [0.4, 0.5) is 24.7 Å². The van der Waals surface area contributed by atoms with E-state index in [1.807, 2.05) is 40.7 Å². The zero-order chi connectivity index (χ0) is 22.6. The summed E-state index contributed by atoms with van der Waals surface area (Å²) in [5, 5.41) is 3.01. The number of nitrogens with zero attached hydrogens (tertiary/aromatic N) is 3. The van der Waals surface area contributed by atoms with Gasteiger partial charge in [-0.1, -0.05) is 12.1 Å². The highest BCUT2D eigenvalue weighted by atomic mass is 19.4. The number of anilines is 2. The second-order valence-electron chi connectivity index (χ2n) is 8.50. The number of halogens is 3. The van der Waals surface area contributed by atoms with Crippen molar-refractivity contribution >= 4 is 35.1 Å². The van der Waals surface area contributed by atoms with Gasteiger partial charge in [0.1, 0.15) is 5.52 Å². The lowest BCUT2D eigenvalue weighted by Crippen LogP contribution is -2.41. The third-order valence-corrected chi connectivity index (χ3v) is 5.84. The smallest absolute Gasteiger partial charge is 0.399 e. The van der Waals surface area contributed by atoms with E-state index in [0.717, 1.165) is 11.0 Å². The predicted molar refractivity (Wildman–Crippen MR) is 113 cm³/mol. The van der Waals surface area contributed by atoms with Gasteiger partial charge in [-0.25, -0.2) is 9.97 Å². The third-order valence-electron chi connectivity index (χ3n) is 5.84. The topological polar surface area (TPSA) is 69.2 Å². The Morgan fingerprint density at radius 1 is 0.968 bits per heavy atom. The van der Waals surface area contributed by atoms with Gasteiger partial charge in [0.25, 0.3) is 0 Å². The van der Waals surface area contributed by atoms with Crippen LogP contribution < -0.4 is 10.8 Å². The molecule has 0 bridgehead atoms. The Balaban J connectivity index is 1.75. The van der Waals surface area contributed by atoms with E-state index in [-0.39, 0.29) is 16.9 Å². The van der Waals surface area contributed by atoms with Crippen LogP contribution in [-0.4, -0.2) is 33.3 Å². The molecule has 0 atom stereocenters. The number of pyridine rings is 1. The van der Waals surface area contributed by atoms with Crippen LogP contribution in [0.3, 0.4) is 0 Å². The van der Waals surface area contributed by atoms with Crippen LogP contribution in [0.25, 0.3) is 11.0 Å². The van der Waals surface area contributed by atoms with E-state index < -0.39 is 30.3 Å². The number of nitrogens with one attached hydrogen (secondary N) is 1. The molecule has 0 spiro atoms. The lowest BCUT2D eigenvalue weighted by molar-refractivity contribution is -0.144. The first-order valence-electron chi connectivity index (χ1n) is 9.81. The molecule has 0 aliphatic carbocycles. The molecule has 3 aromatic rings. The molecule has 0 amide bonds. The molecule has 1 N–H and O–H groups in total. The molecule has 1 saturated heterocycles. The molecule has 3 heterocycles. The molecule has 162 valence electrons. The number of aromatic nitrogens is 3. The average Bonchev–Trinajstić information content (AvgIpc) is 2.89. The quantitative estimate of drug-likeness (QED) is 0.622. The number of rotatable bonds is 3. The van der Waals surface area contributed by atoms with Crippen molar-refractivity contribution < 1.29 is 22.5 Å². The fourth-order valence-corrected chi connectivity index (χ4v) is 3.32. The van der Waals surface area contributed by atoms with Crippen molar-refractivity contribution in [1.29, 1.82) is 0 Å². The van der Waals surface area contributed by atoms with Crippen LogP contribution in [0.15, 0.2) is 36.5 Å². The molecule has 31 heavy (non-hydrogen) atoms. The maximum atomic E-state index is 13.3. The highest BCUT2D eigenvalue weighted by molar-refractivity contribution is 6.62. The molecule has 1 aromatic carbocycles. The molecular formula is C21H22BF3N4O2. The van der Waals surface area contributed by atoms with Crippen molar-refractivity contribution in [3.05, 3.63) is 47.9 Å². The summed E-state index contributed by atoms with van der Waals surface area (Å²) in [4.78, 5) is 11.5. The lowest BCUT2D eigenvalue weighted by Gasteiger charge is -2.32. The SMILES string of the molecule is Cc1c(Nc2nc(C(F)(F)F)nc3cccnc23)cccc1B1OC(C)(C)C(C)(C)O1. The van der Waals surface area contributed by atoms with Crippen molar-refractivity contribution in [2.45, 2.75) is 52.0 Å². The van der Waals surface area contributed by atoms with Crippen molar-refractivity contribution in [2.75, 3.05) is 5.32 Å². The number of alkyl halides is 3. The first kappa shape index (κ1) is 21.5. The van der Waals surface area contributed by atoms with E-state index in [2.05, 4.69) is 20.3 Å². The molecule has 1 fully saturated rings. The molecule has 2 aromatic heterocycles. The molecular weight excluding hydrogens is 408 g/mol. The van der Waals surface area contributed by atoms with Gasteiger partial charge in [-0.2, -0.15) is 13.2 Å². The number of benzene rings is 1. The Kier molecular flexibility index (Phi) is 4.97. The van der Waals surface area contributed by atoms with Crippen molar-refractivity contribution in [2.24, 2.45) is 0 Å². The molecule has 6 nitrogen and oxygen atoms in total. The van der Waals surface area contributed by atoms with Gasteiger partial charge in [-0.05, 0) is 63.8 Å². The van der Waals surface area contributed by atoms with Gasteiger partial charge in [0, 0.05) is 11.9 Å². The maximum Gasteiger partial charge on any atom is 0.495 e. The highest BCUT2D eigenvalue weighted by Gasteiger charge is 2.52. The maximum absolute atomic E-state index is 13.3. The van der Waals surface area contributed by atoms with Crippen LogP contribution in [0, 0.1) is 6.92 Å². The molecule has 1 aliphatic rings. The van der Waals surface area contributed by atoms with Crippen molar-refractivity contribution in [1.82, 2.24) is 15.0 Å². The predicted octanol–water partition coefficient (Wildman–Crippen LogP) is 4.39. The van der Waals surface area contributed by atoms with Gasteiger partial charge in [-0.15, -0.1) is 0 Å². The Morgan fingerprint density at radius 3 is 2.29 bits per heavy atom. The van der Waals surface area contributed by atoms with Crippen molar-refractivity contribution in [3.63, 3.8) is 0 Å². The van der Waals surface area contributed by atoms with E-state index in [4.69, 9.17) is 9.31 Å². The zero-order valence-corrected chi connectivity index (χ0v) is 17.8. The Bertz CT molecular complexity index is 1140. The lowest BCUT2D eigenvalue weighted by atomic mass is 9.76. The fourth-order valence-electron chi connectivity index (χ4n) is 3.32. The summed E-state index contributed by atoms with van der Waals surface area (Å²) < 4.78 is 52.2. The van der Waals surface area contributed by atoms with Gasteiger partial charge >= 0.3 is 13.3 Å². The molecule has 0 unspecified atom stereocenters. The third kappa shape index (κ3) is 3.85. The van der Waals surface area contributed by atoms with Crippen molar-refractivity contribution in [3.8, 4) is 0 Å². The standard InChI is InChI=1S/C21H22BF3N4O2/c1-12-13(22-30-19(2,3)20(4,5)31-22)8-6-9-14(12)27-17-16-15(10-7-11-26-16)28-18(29-17)21(23,24)25/h6-11H,1-5H3,(H,27,28,29). The number of fused-ring (bicyclic) bond motifs is 1. The summed E-state index contributed by atoms with van der Waals surface area (Å²) in [6.45, 7) is 9.69. The van der Waals surface area contributed by atoms with E-state index >= 15 is 0 Å². The minimum Gasteiger partial charge on any atom is -0.399 e. The summed E-state index contributed by atoms with van der Waals surface area (Å²) in [5.74, 6) is -1.25. The van der Waals surface area contributed by atoms with Crippen LogP contribution in [0.1, 0.15) is 39.1 Å². The monoisotopic (exact) mass is 430 g/mol. The molecule has 1 aliphatic heterocycles. The first-order valence-corrected chi connectivity index (χ1v) is 9.81. The van der Waals surface area contributed by atoms with Crippen LogP contribution >= 0.6 is 0 Å². The Hall–Kier alpha value is -2.72. The molecule has 0 radical (unpaired) electrons. The van der Waals surface area contributed by atoms with Gasteiger partial charge in [0.2, 0.25) is 5.82 Å². The fraction of sp³-hybridized carbons (Fsp3) is 0.381. The van der Waals surface area contributed by atoms with Gasteiger partial charge in [0.15, 0.2) is 5.82 Å². The highest BCUT2D eigenvalue weighted by Crippen LogP contribution is 2.37. The van der Waals surface area contributed by atoms with E-state index in [1.165, 1.54) is 18.3 Å². The summed E-state index contributed by atoms with van der Waals surface area (Å²) in [7, 11) is -0.599. The second kappa shape index (κ2) is 7.17. The Morgan fingerprint density at radius 2 is 1.65 bits per heavy atom. The zero-order valence-electron chi connectivity index (χ0n) is 17.8. The molecule has 10 heteroatoms. The van der Waals surface area contributed by atoms with Gasteiger partial charge < -0.3 is 14.6 Å². The Labute approximate surface area is 178 Å². The van der Waals surface area contributed by atoms with E-state index in [1.54, 1.807) is 12.1 Å². The molecule has 4 rings (SSSR count). The van der Waals surface area contributed by atoms with Gasteiger partial charge in [-0.3, -0.25) is 4.98 Å². The summed E-state index contributed by atoms with van der Waals surface area (Å²) in [6.07, 6.45) is -3.20. The summed E-state index contributed by atoms with van der Waals surface area (Å²) >= 11 is 0. The van der Waals surface area contributed by atoms with Crippen LogP contribution in [-0.2, 0) is 15.5 Å². The van der Waals surface area contributed by atoms with E-state index in [9.17, 15) is 13.2 Å². The van der Waals surface area contributed by atoms with Crippen LogP contribution in [0.5, 0.6) is 0 Å². The normalized spacial score (nSPS) is 17.9. The first-order chi connectivity index (χ1) is 14.4. The average molecular weight is 430 g/mol. The minimum atomic E-state index is -4.68. The summed E-state index contributed by atoms with van der Waals surface area (Å²) in [6, 6.07) is 8.42. The van der Waals surface area contributed by atoms with Crippen LogP contribution in [0.2, 0.25) is 0 Å². The number of hydrogen-bond acceptors (Lipinski definition) is 6. The van der Waals surface area contributed by atoms with Gasteiger partial charge in [0.05, 0.1) is 16.7 Å². The second-order valence-corrected chi connectivity index (χ2v) is 8.50.